The maximum absolute atomic E-state index is 6.17. The minimum Gasteiger partial charge on any atom is -0.418 e. The third-order valence-corrected chi connectivity index (χ3v) is 8.40. The predicted octanol–water partition coefficient (Wildman–Crippen LogP) is 4.31. The number of allylic oxidation sites excluding steroid dienone is 4. The average molecular weight is 476 g/mol. The van der Waals surface area contributed by atoms with Gasteiger partial charge < -0.3 is 13.8 Å². The van der Waals surface area contributed by atoms with Crippen molar-refractivity contribution in [3.63, 3.8) is 0 Å². The van der Waals surface area contributed by atoms with Gasteiger partial charge in [-0.05, 0) is 60.0 Å². The molecule has 0 aliphatic heterocycles. The van der Waals surface area contributed by atoms with Gasteiger partial charge in [-0.15, -0.1) is 26.3 Å². The Hall–Kier alpha value is -2.45. The van der Waals surface area contributed by atoms with Gasteiger partial charge in [-0.3, -0.25) is 0 Å². The quantitative estimate of drug-likeness (QED) is 0.247. The minimum atomic E-state index is -0.778. The number of hydrogen-bond donors (Lipinski definition) is 1. The first kappa shape index (κ1) is 25.2. The Bertz CT molecular complexity index is 984. The Morgan fingerprint density at radius 3 is 1.42 bits per heavy atom. The Morgan fingerprint density at radius 2 is 1.06 bits per heavy atom. The molecule has 5 heteroatoms. The van der Waals surface area contributed by atoms with Gasteiger partial charge in [0.25, 0.3) is 0 Å². The second-order valence-corrected chi connectivity index (χ2v) is 11.8. The van der Waals surface area contributed by atoms with Crippen molar-refractivity contribution in [2.24, 2.45) is 11.8 Å². The van der Waals surface area contributed by atoms with Crippen LogP contribution in [0.25, 0.3) is 21.8 Å². The summed E-state index contributed by atoms with van der Waals surface area (Å²) in [5.74, 6) is 0.962. The molecule has 0 radical (unpaired) electrons. The molecule has 0 unspecified atom stereocenters. The number of aromatic amines is 1. The van der Waals surface area contributed by atoms with Gasteiger partial charge >= 0.3 is 0 Å². The van der Waals surface area contributed by atoms with Gasteiger partial charge in [-0.25, -0.2) is 0 Å². The molecule has 0 bridgehead atoms. The summed E-state index contributed by atoms with van der Waals surface area (Å²) in [5, 5.41) is 5.21. The van der Waals surface area contributed by atoms with Gasteiger partial charge in [0, 0.05) is 35.0 Å². The summed E-state index contributed by atoms with van der Waals surface area (Å²) < 4.78 is 12.3. The smallest absolute Gasteiger partial charge is 0.192 e. The number of nitrogens with one attached hydrogen (secondary N) is 1. The SMILES string of the molecule is C=CCC(CC=C)CO[SiH2]c1ccc2[nH]c3ccc([SiH2]OCC(CC=C)CC=C)cc3c2c1. The predicted molar refractivity (Wildman–Crippen MR) is 150 cm³/mol. The summed E-state index contributed by atoms with van der Waals surface area (Å²) in [4.78, 5) is 3.55. The zero-order valence-electron chi connectivity index (χ0n) is 19.7. The van der Waals surface area contributed by atoms with Crippen LogP contribution >= 0.6 is 0 Å². The van der Waals surface area contributed by atoms with E-state index in [1.165, 1.54) is 32.2 Å². The van der Waals surface area contributed by atoms with Crippen molar-refractivity contribution >= 4 is 51.7 Å². The van der Waals surface area contributed by atoms with Gasteiger partial charge in [0.1, 0.15) is 0 Å². The van der Waals surface area contributed by atoms with Crippen LogP contribution < -0.4 is 10.4 Å². The van der Waals surface area contributed by atoms with E-state index in [2.05, 4.69) is 67.7 Å². The summed E-state index contributed by atoms with van der Waals surface area (Å²) in [5.41, 5.74) is 2.35. The second-order valence-electron chi connectivity index (χ2n) is 8.74. The molecule has 174 valence electrons. The summed E-state index contributed by atoms with van der Waals surface area (Å²) >= 11 is 0. The first-order chi connectivity index (χ1) is 16.2. The van der Waals surface area contributed by atoms with E-state index in [4.69, 9.17) is 8.85 Å². The van der Waals surface area contributed by atoms with Crippen molar-refractivity contribution < 1.29 is 8.85 Å². The molecular weight excluding hydrogens is 438 g/mol. The van der Waals surface area contributed by atoms with Gasteiger partial charge in [0.05, 0.1) is 0 Å². The lowest BCUT2D eigenvalue weighted by Gasteiger charge is -2.13. The highest BCUT2D eigenvalue weighted by molar-refractivity contribution is 6.48. The number of fused-ring (bicyclic) bond motifs is 3. The van der Waals surface area contributed by atoms with Crippen molar-refractivity contribution in [3.8, 4) is 0 Å². The maximum Gasteiger partial charge on any atom is 0.192 e. The van der Waals surface area contributed by atoms with E-state index >= 15 is 0 Å². The molecule has 3 nitrogen and oxygen atoms in total. The first-order valence-electron chi connectivity index (χ1n) is 11.8. The fourth-order valence-electron chi connectivity index (χ4n) is 4.27. The van der Waals surface area contributed by atoms with Crippen molar-refractivity contribution in [2.75, 3.05) is 13.2 Å². The number of benzene rings is 2. The van der Waals surface area contributed by atoms with Crippen molar-refractivity contribution in [3.05, 3.63) is 87.0 Å². The number of H-pyrrole nitrogens is 1. The number of rotatable bonds is 16. The molecule has 0 aliphatic rings. The Kier molecular flexibility index (Phi) is 10.2. The molecule has 1 aromatic heterocycles. The summed E-state index contributed by atoms with van der Waals surface area (Å²) in [7, 11) is -1.56. The minimum absolute atomic E-state index is 0.481. The zero-order chi connectivity index (χ0) is 23.5. The van der Waals surface area contributed by atoms with E-state index in [0.29, 0.717) is 11.8 Å². The molecule has 0 aliphatic carbocycles. The molecule has 3 aromatic rings. The summed E-state index contributed by atoms with van der Waals surface area (Å²) in [6.07, 6.45) is 11.8. The van der Waals surface area contributed by atoms with Crippen LogP contribution in [0.15, 0.2) is 87.0 Å². The van der Waals surface area contributed by atoms with Gasteiger partial charge in [0.2, 0.25) is 0 Å². The van der Waals surface area contributed by atoms with Gasteiger partial charge in [-0.1, -0.05) is 48.6 Å². The Labute approximate surface area is 203 Å². The topological polar surface area (TPSA) is 34.2 Å². The van der Waals surface area contributed by atoms with Crippen LogP contribution in [0.5, 0.6) is 0 Å². The van der Waals surface area contributed by atoms with Crippen LogP contribution in [0.2, 0.25) is 0 Å². The highest BCUT2D eigenvalue weighted by Crippen LogP contribution is 2.23. The third-order valence-electron chi connectivity index (χ3n) is 5.97. The van der Waals surface area contributed by atoms with Crippen LogP contribution in [0, 0.1) is 11.8 Å². The van der Waals surface area contributed by atoms with E-state index in [1.807, 2.05) is 24.3 Å². The molecule has 0 atom stereocenters. The van der Waals surface area contributed by atoms with Gasteiger partial charge in [-0.2, -0.15) is 0 Å². The highest BCUT2D eigenvalue weighted by Gasteiger charge is 2.10. The maximum atomic E-state index is 6.17. The van der Waals surface area contributed by atoms with Crippen molar-refractivity contribution in [1.82, 2.24) is 4.98 Å². The molecule has 0 amide bonds. The third kappa shape index (κ3) is 7.27. The molecule has 33 heavy (non-hydrogen) atoms. The van der Waals surface area contributed by atoms with Crippen molar-refractivity contribution in [1.29, 1.82) is 0 Å². The second kappa shape index (κ2) is 13.3. The first-order valence-corrected chi connectivity index (χ1v) is 14.4. The molecule has 0 saturated heterocycles. The Morgan fingerprint density at radius 1 is 0.667 bits per heavy atom. The highest BCUT2D eigenvalue weighted by atomic mass is 28.2. The lowest BCUT2D eigenvalue weighted by molar-refractivity contribution is 0.266. The standard InChI is InChI=1S/C28H37NO2Si2/c1-5-9-21(10-6-2)19-30-32-23-13-15-27-25(17-23)26-18-24(14-16-28(26)29-27)33-31-20-22(11-7-3)12-8-4/h5-8,13-18,21-22,29H,1-4,9-12,19-20,32-33H2. The molecule has 0 saturated carbocycles. The molecule has 1 heterocycles. The van der Waals surface area contributed by atoms with Crippen LogP contribution in [0.1, 0.15) is 25.7 Å². The van der Waals surface area contributed by atoms with Crippen LogP contribution in [-0.4, -0.2) is 37.7 Å². The fourth-order valence-corrected chi connectivity index (χ4v) is 6.64. The van der Waals surface area contributed by atoms with Gasteiger partial charge in [0.15, 0.2) is 19.5 Å². The summed E-state index contributed by atoms with van der Waals surface area (Å²) in [6, 6.07) is 13.4. The number of hydrogen-bond acceptors (Lipinski definition) is 2. The molecular formula is C28H37NO2Si2. The van der Waals surface area contributed by atoms with E-state index in [-0.39, 0.29) is 0 Å². The van der Waals surface area contributed by atoms with Crippen LogP contribution in [0.3, 0.4) is 0 Å². The molecule has 2 aromatic carbocycles. The fraction of sp³-hybridized carbons (Fsp3) is 0.286. The molecule has 1 N–H and O–H groups in total. The normalized spacial score (nSPS) is 12.2. The lowest BCUT2D eigenvalue weighted by Crippen LogP contribution is -2.21. The molecule has 3 rings (SSSR count). The van der Waals surface area contributed by atoms with E-state index < -0.39 is 19.5 Å². The zero-order valence-corrected chi connectivity index (χ0v) is 22.6. The summed E-state index contributed by atoms with van der Waals surface area (Å²) in [6.45, 7) is 17.0. The lowest BCUT2D eigenvalue weighted by atomic mass is 10.0. The van der Waals surface area contributed by atoms with Crippen LogP contribution in [-0.2, 0) is 8.85 Å². The van der Waals surface area contributed by atoms with Crippen molar-refractivity contribution in [2.45, 2.75) is 25.7 Å². The number of aromatic nitrogens is 1. The van der Waals surface area contributed by atoms with E-state index in [1.54, 1.807) is 0 Å². The largest absolute Gasteiger partial charge is 0.418 e. The molecule has 0 spiro atoms. The molecule has 0 fully saturated rings. The Balaban J connectivity index is 1.67. The van der Waals surface area contributed by atoms with E-state index in [0.717, 1.165) is 38.9 Å². The monoisotopic (exact) mass is 475 g/mol. The average Bonchev–Trinajstić information content (AvgIpc) is 3.17. The van der Waals surface area contributed by atoms with Crippen LogP contribution in [0.4, 0.5) is 0 Å². The van der Waals surface area contributed by atoms with E-state index in [9.17, 15) is 0 Å².